The number of hydrogen-bond acceptors (Lipinski definition) is 4. The molecule has 19 heavy (non-hydrogen) atoms. The van der Waals surface area contributed by atoms with Crippen LogP contribution in [0.15, 0.2) is 15.9 Å². The van der Waals surface area contributed by atoms with Crippen LogP contribution < -0.4 is 0 Å². The van der Waals surface area contributed by atoms with E-state index in [1.807, 2.05) is 12.1 Å². The maximum atomic E-state index is 12.3. The lowest BCUT2D eigenvalue weighted by atomic mass is 9.98. The van der Waals surface area contributed by atoms with E-state index in [-0.39, 0.29) is 17.8 Å². The van der Waals surface area contributed by atoms with Gasteiger partial charge in [-0.2, -0.15) is 0 Å². The van der Waals surface area contributed by atoms with Crippen molar-refractivity contribution in [2.24, 2.45) is 5.92 Å². The summed E-state index contributed by atoms with van der Waals surface area (Å²) in [7, 11) is 0. The van der Waals surface area contributed by atoms with Gasteiger partial charge in [0.25, 0.3) is 5.91 Å². The SMILES string of the molecule is CCOC(=O)[C@@H]1CCCN(C(=O)c2ccc(Br)s2)C1. The predicted molar refractivity (Wildman–Crippen MR) is 77.3 cm³/mol. The fourth-order valence-electron chi connectivity index (χ4n) is 2.20. The molecule has 2 rings (SSSR count). The summed E-state index contributed by atoms with van der Waals surface area (Å²) >= 11 is 4.77. The number of hydrogen-bond donors (Lipinski definition) is 0. The topological polar surface area (TPSA) is 46.6 Å². The summed E-state index contributed by atoms with van der Waals surface area (Å²) in [5, 5.41) is 0. The quantitative estimate of drug-likeness (QED) is 0.791. The zero-order chi connectivity index (χ0) is 13.8. The molecule has 0 N–H and O–H groups in total. The van der Waals surface area contributed by atoms with Crippen molar-refractivity contribution < 1.29 is 14.3 Å². The van der Waals surface area contributed by atoms with Crippen molar-refractivity contribution in [1.82, 2.24) is 4.90 Å². The van der Waals surface area contributed by atoms with Crippen LogP contribution in [0.5, 0.6) is 0 Å². The van der Waals surface area contributed by atoms with Crippen LogP contribution in [0.1, 0.15) is 29.4 Å². The Morgan fingerprint density at radius 1 is 1.53 bits per heavy atom. The summed E-state index contributed by atoms with van der Waals surface area (Å²) in [6.45, 7) is 3.37. The lowest BCUT2D eigenvalue weighted by Gasteiger charge is -2.31. The van der Waals surface area contributed by atoms with Gasteiger partial charge in [-0.05, 0) is 47.8 Å². The zero-order valence-corrected chi connectivity index (χ0v) is 13.1. The molecule has 0 radical (unpaired) electrons. The third-order valence-corrected chi connectivity index (χ3v) is 4.72. The summed E-state index contributed by atoms with van der Waals surface area (Å²) in [4.78, 5) is 26.5. The number of carbonyl (C=O) groups excluding carboxylic acids is 2. The van der Waals surface area contributed by atoms with Crippen LogP contribution in [-0.2, 0) is 9.53 Å². The molecular weight excluding hydrogens is 330 g/mol. The summed E-state index contributed by atoms with van der Waals surface area (Å²) in [5.41, 5.74) is 0. The highest BCUT2D eigenvalue weighted by molar-refractivity contribution is 9.11. The summed E-state index contributed by atoms with van der Waals surface area (Å²) < 4.78 is 5.98. The fraction of sp³-hybridized carbons (Fsp3) is 0.538. The molecule has 1 saturated heterocycles. The van der Waals surface area contributed by atoms with Crippen molar-refractivity contribution in [1.29, 1.82) is 0 Å². The van der Waals surface area contributed by atoms with Crippen molar-refractivity contribution in [2.75, 3.05) is 19.7 Å². The Hall–Kier alpha value is -0.880. The molecule has 1 fully saturated rings. The molecule has 1 aliphatic heterocycles. The van der Waals surface area contributed by atoms with E-state index >= 15 is 0 Å². The lowest BCUT2D eigenvalue weighted by Crippen LogP contribution is -2.42. The van der Waals surface area contributed by atoms with Gasteiger partial charge in [0.1, 0.15) is 0 Å². The first-order valence-electron chi connectivity index (χ1n) is 6.33. The van der Waals surface area contributed by atoms with Crippen LogP contribution >= 0.6 is 27.3 Å². The van der Waals surface area contributed by atoms with E-state index in [2.05, 4.69) is 15.9 Å². The van der Waals surface area contributed by atoms with Gasteiger partial charge in [-0.25, -0.2) is 0 Å². The van der Waals surface area contributed by atoms with Crippen LogP contribution in [0.3, 0.4) is 0 Å². The largest absolute Gasteiger partial charge is 0.466 e. The first-order chi connectivity index (χ1) is 9.11. The minimum Gasteiger partial charge on any atom is -0.466 e. The zero-order valence-electron chi connectivity index (χ0n) is 10.7. The van der Waals surface area contributed by atoms with Crippen molar-refractivity contribution in [3.05, 3.63) is 20.8 Å². The number of rotatable bonds is 3. The van der Waals surface area contributed by atoms with E-state index in [4.69, 9.17) is 4.74 Å². The molecule has 0 aromatic carbocycles. The van der Waals surface area contributed by atoms with Gasteiger partial charge in [-0.3, -0.25) is 9.59 Å². The molecule has 0 bridgehead atoms. The molecule has 1 aliphatic rings. The van der Waals surface area contributed by atoms with Gasteiger partial charge in [0.15, 0.2) is 0 Å². The Kier molecular flexibility index (Phi) is 4.99. The van der Waals surface area contributed by atoms with E-state index in [9.17, 15) is 9.59 Å². The first kappa shape index (κ1) is 14.5. The van der Waals surface area contributed by atoms with Gasteiger partial charge in [0.05, 0.1) is 21.2 Å². The van der Waals surface area contributed by atoms with Crippen LogP contribution in [-0.4, -0.2) is 36.5 Å². The molecular formula is C13H16BrNO3S. The number of likely N-dealkylation sites (tertiary alicyclic amines) is 1. The second kappa shape index (κ2) is 6.52. The molecule has 2 heterocycles. The first-order valence-corrected chi connectivity index (χ1v) is 7.94. The summed E-state index contributed by atoms with van der Waals surface area (Å²) in [5.74, 6) is -0.363. The molecule has 6 heteroatoms. The van der Waals surface area contributed by atoms with E-state index in [0.29, 0.717) is 24.6 Å². The summed E-state index contributed by atoms with van der Waals surface area (Å²) in [6.07, 6.45) is 1.65. The van der Waals surface area contributed by atoms with Gasteiger partial charge in [0.2, 0.25) is 0 Å². The van der Waals surface area contributed by atoms with Crippen molar-refractivity contribution in [2.45, 2.75) is 19.8 Å². The maximum absolute atomic E-state index is 12.3. The van der Waals surface area contributed by atoms with E-state index < -0.39 is 0 Å². The van der Waals surface area contributed by atoms with Crippen molar-refractivity contribution >= 4 is 39.1 Å². The second-order valence-corrected chi connectivity index (χ2v) is 6.91. The molecule has 0 aliphatic carbocycles. The van der Waals surface area contributed by atoms with Gasteiger partial charge in [0, 0.05) is 13.1 Å². The Morgan fingerprint density at radius 3 is 2.95 bits per heavy atom. The number of carbonyl (C=O) groups is 2. The minimum atomic E-state index is -0.188. The van der Waals surface area contributed by atoms with Crippen molar-refractivity contribution in [3.8, 4) is 0 Å². The monoisotopic (exact) mass is 345 g/mol. The molecule has 0 saturated carbocycles. The minimum absolute atomic E-state index is 0.00435. The second-order valence-electron chi connectivity index (χ2n) is 4.45. The smallest absolute Gasteiger partial charge is 0.310 e. The van der Waals surface area contributed by atoms with Crippen LogP contribution in [0.4, 0.5) is 0 Å². The third kappa shape index (κ3) is 3.57. The molecule has 4 nitrogen and oxygen atoms in total. The van der Waals surface area contributed by atoms with Crippen LogP contribution in [0.25, 0.3) is 0 Å². The molecule has 104 valence electrons. The van der Waals surface area contributed by atoms with E-state index in [0.717, 1.165) is 16.6 Å². The van der Waals surface area contributed by atoms with Gasteiger partial charge < -0.3 is 9.64 Å². The molecule has 0 spiro atoms. The molecule has 1 aromatic heterocycles. The van der Waals surface area contributed by atoms with Gasteiger partial charge in [-0.1, -0.05) is 0 Å². The highest BCUT2D eigenvalue weighted by atomic mass is 79.9. The number of esters is 1. The van der Waals surface area contributed by atoms with Crippen molar-refractivity contribution in [3.63, 3.8) is 0 Å². The highest BCUT2D eigenvalue weighted by Gasteiger charge is 2.30. The fourth-order valence-corrected chi connectivity index (χ4v) is 3.55. The lowest BCUT2D eigenvalue weighted by molar-refractivity contribution is -0.149. The van der Waals surface area contributed by atoms with E-state index in [1.165, 1.54) is 11.3 Å². The predicted octanol–water partition coefficient (Wildman–Crippen LogP) is 2.93. The summed E-state index contributed by atoms with van der Waals surface area (Å²) in [6, 6.07) is 3.68. The third-order valence-electron chi connectivity index (χ3n) is 3.11. The normalized spacial score (nSPS) is 19.3. The number of ether oxygens (including phenoxy) is 1. The number of thiophene rings is 1. The molecule has 1 amide bonds. The molecule has 1 aromatic rings. The van der Waals surface area contributed by atoms with E-state index in [1.54, 1.807) is 11.8 Å². The Labute approximate surface area is 124 Å². The average Bonchev–Trinajstić information content (AvgIpc) is 2.85. The Bertz CT molecular complexity index is 474. The highest BCUT2D eigenvalue weighted by Crippen LogP contribution is 2.25. The van der Waals surface area contributed by atoms with Crippen LogP contribution in [0.2, 0.25) is 0 Å². The maximum Gasteiger partial charge on any atom is 0.310 e. The van der Waals surface area contributed by atoms with Gasteiger partial charge in [-0.15, -0.1) is 11.3 Å². The Balaban J connectivity index is 2.01. The number of halogens is 1. The molecule has 0 unspecified atom stereocenters. The average molecular weight is 346 g/mol. The number of nitrogens with zero attached hydrogens (tertiary/aromatic N) is 1. The Morgan fingerprint density at radius 2 is 2.32 bits per heavy atom. The number of piperidine rings is 1. The number of amides is 1. The standard InChI is InChI=1S/C13H16BrNO3S/c1-2-18-13(17)9-4-3-7-15(8-9)12(16)10-5-6-11(14)19-10/h5-6,9H,2-4,7-8H2,1H3/t9-/m1/s1. The molecule has 1 atom stereocenters. The van der Waals surface area contributed by atoms with Crippen LogP contribution in [0, 0.1) is 5.92 Å². The van der Waals surface area contributed by atoms with Gasteiger partial charge >= 0.3 is 5.97 Å².